The van der Waals surface area contributed by atoms with Crippen LogP contribution in [0.15, 0.2) is 69.2 Å². The van der Waals surface area contributed by atoms with E-state index in [1.807, 2.05) is 30.3 Å². The molecule has 0 spiro atoms. The number of nitrogens with zero attached hydrogens (tertiary/aromatic N) is 4. The Morgan fingerprint density at radius 2 is 1.88 bits per heavy atom. The van der Waals surface area contributed by atoms with Gasteiger partial charge in [-0.3, -0.25) is 19.1 Å². The van der Waals surface area contributed by atoms with Crippen molar-refractivity contribution in [3.05, 3.63) is 81.7 Å². The number of rotatable bonds is 7. The molecule has 4 aromatic rings. The van der Waals surface area contributed by atoms with E-state index in [0.29, 0.717) is 27.0 Å². The zero-order valence-corrected chi connectivity index (χ0v) is 19.4. The van der Waals surface area contributed by atoms with Crippen molar-refractivity contribution in [3.63, 3.8) is 0 Å². The van der Waals surface area contributed by atoms with Crippen molar-refractivity contribution < 1.29 is 9.59 Å². The number of benzene rings is 2. The minimum absolute atomic E-state index is 0.174. The number of thioether (sulfide) groups is 1. The molecule has 2 aromatic heterocycles. The summed E-state index contributed by atoms with van der Waals surface area (Å²) in [5.41, 5.74) is 3.60. The molecule has 0 aliphatic carbocycles. The fourth-order valence-corrected chi connectivity index (χ4v) is 4.47. The highest BCUT2D eigenvalue weighted by atomic mass is 32.2. The zero-order valence-electron chi connectivity index (χ0n) is 17.8. The van der Waals surface area contributed by atoms with Crippen LogP contribution in [-0.2, 0) is 11.8 Å². The third kappa shape index (κ3) is 5.04. The summed E-state index contributed by atoms with van der Waals surface area (Å²) in [5.74, 6) is -0.494. The van der Waals surface area contributed by atoms with Gasteiger partial charge in [-0.1, -0.05) is 47.4 Å². The average molecular weight is 481 g/mol. The van der Waals surface area contributed by atoms with Crippen LogP contribution in [0.1, 0.15) is 16.1 Å². The summed E-state index contributed by atoms with van der Waals surface area (Å²) in [4.78, 5) is 38.1. The fraction of sp³-hybridized carbons (Fsp3) is 0.136. The highest BCUT2D eigenvalue weighted by Crippen LogP contribution is 2.20. The minimum Gasteiger partial charge on any atom is -0.325 e. The molecule has 4 rings (SSSR count). The molecule has 33 heavy (non-hydrogen) atoms. The topological polar surface area (TPSA) is 111 Å². The lowest BCUT2D eigenvalue weighted by Crippen LogP contribution is -2.23. The molecule has 0 fully saturated rings. The van der Waals surface area contributed by atoms with E-state index < -0.39 is 5.91 Å². The summed E-state index contributed by atoms with van der Waals surface area (Å²) in [7, 11) is 1.76. The number of anilines is 2. The highest BCUT2D eigenvalue weighted by Gasteiger charge is 2.19. The number of amides is 2. The maximum Gasteiger partial charge on any atom is 0.295 e. The van der Waals surface area contributed by atoms with Crippen LogP contribution < -0.4 is 16.2 Å². The smallest absolute Gasteiger partial charge is 0.295 e. The van der Waals surface area contributed by atoms with Crippen molar-refractivity contribution in [2.24, 2.45) is 7.05 Å². The predicted octanol–water partition coefficient (Wildman–Crippen LogP) is 3.32. The lowest BCUT2D eigenvalue weighted by atomic mass is 10.2. The Bertz CT molecular complexity index is 1350. The fourth-order valence-electron chi connectivity index (χ4n) is 3.19. The van der Waals surface area contributed by atoms with Crippen molar-refractivity contribution in [2.75, 3.05) is 16.4 Å². The second-order valence-electron chi connectivity index (χ2n) is 7.01. The van der Waals surface area contributed by atoms with E-state index in [1.54, 1.807) is 48.4 Å². The van der Waals surface area contributed by atoms with E-state index in [9.17, 15) is 14.4 Å². The van der Waals surface area contributed by atoms with E-state index in [4.69, 9.17) is 0 Å². The van der Waals surface area contributed by atoms with Crippen LogP contribution in [0.25, 0.3) is 5.69 Å². The van der Waals surface area contributed by atoms with Gasteiger partial charge in [0, 0.05) is 18.3 Å². The standard InChI is InChI=1S/C22H20N6O3S2/c1-14-19(21(31)28(27(14)2)17-9-4-3-5-10-17)25-20(30)15-7-6-8-16(11-15)24-18(29)12-32-22-26-23-13-33-22/h3-11,13H,12H2,1-2H3,(H,24,29)(H,25,30). The normalized spacial score (nSPS) is 10.7. The first kappa shape index (κ1) is 22.5. The molecular weight excluding hydrogens is 460 g/mol. The quantitative estimate of drug-likeness (QED) is 0.393. The molecule has 2 heterocycles. The van der Waals surface area contributed by atoms with Crippen molar-refractivity contribution >= 4 is 46.3 Å². The van der Waals surface area contributed by atoms with Crippen molar-refractivity contribution in [1.82, 2.24) is 19.6 Å². The van der Waals surface area contributed by atoms with Crippen molar-refractivity contribution in [2.45, 2.75) is 11.3 Å². The summed E-state index contributed by atoms with van der Waals surface area (Å²) in [6, 6.07) is 15.7. The Balaban J connectivity index is 1.48. The number of carbonyl (C=O) groups is 2. The van der Waals surface area contributed by atoms with E-state index in [2.05, 4.69) is 20.8 Å². The Labute approximate surface area is 197 Å². The van der Waals surface area contributed by atoms with E-state index in [1.165, 1.54) is 27.8 Å². The van der Waals surface area contributed by atoms with Gasteiger partial charge in [-0.15, -0.1) is 10.2 Å². The minimum atomic E-state index is -0.444. The number of carbonyl (C=O) groups excluding carboxylic acids is 2. The van der Waals surface area contributed by atoms with Crippen LogP contribution in [0.2, 0.25) is 0 Å². The molecule has 0 bridgehead atoms. The maximum absolute atomic E-state index is 13.0. The molecule has 0 aliphatic rings. The van der Waals surface area contributed by atoms with Gasteiger partial charge in [-0.05, 0) is 37.3 Å². The van der Waals surface area contributed by atoms with Crippen LogP contribution in [0.3, 0.4) is 0 Å². The molecule has 2 amide bonds. The maximum atomic E-state index is 13.0. The monoisotopic (exact) mass is 480 g/mol. The molecule has 2 N–H and O–H groups in total. The molecular formula is C22H20N6O3S2. The Morgan fingerprint density at radius 1 is 1.09 bits per heavy atom. The molecule has 0 saturated carbocycles. The summed E-state index contributed by atoms with van der Waals surface area (Å²) in [6.45, 7) is 1.77. The highest BCUT2D eigenvalue weighted by molar-refractivity contribution is 8.01. The molecule has 168 valence electrons. The van der Waals surface area contributed by atoms with Crippen LogP contribution in [0.5, 0.6) is 0 Å². The predicted molar refractivity (Wildman–Crippen MR) is 129 cm³/mol. The Morgan fingerprint density at radius 3 is 2.61 bits per heavy atom. The zero-order chi connectivity index (χ0) is 23.4. The van der Waals surface area contributed by atoms with E-state index in [-0.39, 0.29) is 22.9 Å². The van der Waals surface area contributed by atoms with Gasteiger partial charge in [0.15, 0.2) is 4.34 Å². The van der Waals surface area contributed by atoms with Crippen LogP contribution in [0.4, 0.5) is 11.4 Å². The van der Waals surface area contributed by atoms with Gasteiger partial charge in [0.2, 0.25) is 5.91 Å². The van der Waals surface area contributed by atoms with E-state index in [0.717, 1.165) is 0 Å². The first-order chi connectivity index (χ1) is 15.9. The number of para-hydroxylation sites is 1. The second-order valence-corrected chi connectivity index (χ2v) is 9.07. The molecule has 0 saturated heterocycles. The van der Waals surface area contributed by atoms with Gasteiger partial charge in [-0.25, -0.2) is 4.68 Å². The summed E-state index contributed by atoms with van der Waals surface area (Å²) < 4.78 is 3.90. The van der Waals surface area contributed by atoms with Gasteiger partial charge in [0.05, 0.1) is 17.1 Å². The molecule has 0 radical (unpaired) electrons. The van der Waals surface area contributed by atoms with Gasteiger partial charge in [0.1, 0.15) is 11.2 Å². The van der Waals surface area contributed by atoms with Gasteiger partial charge >= 0.3 is 0 Å². The molecule has 11 heteroatoms. The Hall–Kier alpha value is -3.70. The molecule has 2 aromatic carbocycles. The lowest BCUT2D eigenvalue weighted by Gasteiger charge is -2.08. The first-order valence-corrected chi connectivity index (χ1v) is 11.7. The number of hydrogen-bond donors (Lipinski definition) is 2. The second kappa shape index (κ2) is 9.84. The molecule has 0 atom stereocenters. The third-order valence-corrected chi connectivity index (χ3v) is 6.73. The van der Waals surface area contributed by atoms with Gasteiger partial charge in [-0.2, -0.15) is 0 Å². The molecule has 9 nitrogen and oxygen atoms in total. The van der Waals surface area contributed by atoms with Crippen LogP contribution in [0, 0.1) is 6.92 Å². The van der Waals surface area contributed by atoms with Crippen LogP contribution in [-0.4, -0.2) is 37.1 Å². The van der Waals surface area contributed by atoms with Crippen molar-refractivity contribution in [3.8, 4) is 5.69 Å². The summed E-state index contributed by atoms with van der Waals surface area (Å²) >= 11 is 2.65. The average Bonchev–Trinajstić information content (AvgIpc) is 3.41. The Kier molecular flexibility index (Phi) is 6.71. The number of hydrogen-bond acceptors (Lipinski definition) is 7. The first-order valence-electron chi connectivity index (χ1n) is 9.88. The van der Waals surface area contributed by atoms with Crippen LogP contribution >= 0.6 is 23.1 Å². The third-order valence-electron chi connectivity index (χ3n) is 4.87. The largest absolute Gasteiger partial charge is 0.325 e. The number of nitrogens with one attached hydrogen (secondary N) is 2. The molecule has 0 unspecified atom stereocenters. The van der Waals surface area contributed by atoms with Crippen molar-refractivity contribution in [1.29, 1.82) is 0 Å². The lowest BCUT2D eigenvalue weighted by molar-refractivity contribution is -0.113. The van der Waals surface area contributed by atoms with Gasteiger partial charge in [0.25, 0.3) is 11.5 Å². The summed E-state index contributed by atoms with van der Waals surface area (Å²) in [6.07, 6.45) is 0. The van der Waals surface area contributed by atoms with E-state index >= 15 is 0 Å². The summed E-state index contributed by atoms with van der Waals surface area (Å²) in [5, 5.41) is 13.1. The van der Waals surface area contributed by atoms with Gasteiger partial charge < -0.3 is 10.6 Å². The molecule has 0 aliphatic heterocycles. The SMILES string of the molecule is Cc1c(NC(=O)c2cccc(NC(=O)CSc3nncs3)c2)c(=O)n(-c2ccccc2)n1C. The number of aromatic nitrogens is 4.